The molecule has 1 N–H and O–H groups in total. The molecule has 17 heavy (non-hydrogen) atoms. The highest BCUT2D eigenvalue weighted by Crippen LogP contribution is 2.30. The number of pyridine rings is 1. The van der Waals surface area contributed by atoms with Crippen LogP contribution in [0.25, 0.3) is 0 Å². The molecule has 0 aliphatic rings. The average molecular weight is 376 g/mol. The second kappa shape index (κ2) is 5.38. The molecule has 0 aliphatic carbocycles. The first-order valence-electron chi connectivity index (χ1n) is 4.90. The number of hydrogen-bond donors (Lipinski definition) is 1. The van der Waals surface area contributed by atoms with E-state index in [1.54, 1.807) is 12.3 Å². The topological polar surface area (TPSA) is 24.9 Å². The van der Waals surface area contributed by atoms with E-state index in [2.05, 4.69) is 42.2 Å². The van der Waals surface area contributed by atoms with Crippen LogP contribution >= 0.6 is 43.5 Å². The van der Waals surface area contributed by atoms with Crippen molar-refractivity contribution >= 4 is 55.0 Å². The predicted molar refractivity (Wildman–Crippen MR) is 79.1 cm³/mol. The normalized spacial score (nSPS) is 10.4. The van der Waals surface area contributed by atoms with Crippen molar-refractivity contribution in [1.29, 1.82) is 0 Å². The summed E-state index contributed by atoms with van der Waals surface area (Å²) in [7, 11) is 0. The van der Waals surface area contributed by atoms with Crippen molar-refractivity contribution in [2.45, 2.75) is 6.92 Å². The fraction of sp³-hybridized carbons (Fsp3) is 0.0833. The molecule has 0 atom stereocenters. The summed E-state index contributed by atoms with van der Waals surface area (Å²) < 4.78 is 1.82. The summed E-state index contributed by atoms with van der Waals surface area (Å²) in [6.07, 6.45) is 1.61. The molecule has 0 bridgehead atoms. The molecule has 1 heterocycles. The molecule has 0 saturated heterocycles. The van der Waals surface area contributed by atoms with E-state index in [-0.39, 0.29) is 0 Å². The van der Waals surface area contributed by atoms with Crippen molar-refractivity contribution in [3.63, 3.8) is 0 Å². The van der Waals surface area contributed by atoms with Crippen LogP contribution in [0, 0.1) is 6.92 Å². The molecule has 0 spiro atoms. The van der Waals surface area contributed by atoms with Gasteiger partial charge in [-0.15, -0.1) is 0 Å². The maximum absolute atomic E-state index is 5.85. The fourth-order valence-electron chi connectivity index (χ4n) is 1.37. The molecule has 88 valence electrons. The highest BCUT2D eigenvalue weighted by molar-refractivity contribution is 9.11. The first-order valence-corrected chi connectivity index (χ1v) is 6.87. The smallest absolute Gasteiger partial charge is 0.144 e. The van der Waals surface area contributed by atoms with E-state index in [1.807, 2.05) is 25.1 Å². The number of rotatable bonds is 2. The number of nitrogens with zero attached hydrogens (tertiary/aromatic N) is 1. The number of anilines is 2. The number of halogens is 3. The minimum absolute atomic E-state index is 0.603. The lowest BCUT2D eigenvalue weighted by Gasteiger charge is -2.10. The number of nitrogens with one attached hydrogen (secondary N) is 1. The van der Waals surface area contributed by atoms with Crippen LogP contribution in [0.2, 0.25) is 5.02 Å². The van der Waals surface area contributed by atoms with Gasteiger partial charge in [-0.05, 0) is 62.5 Å². The van der Waals surface area contributed by atoms with E-state index in [9.17, 15) is 0 Å². The van der Waals surface area contributed by atoms with Crippen molar-refractivity contribution in [3.8, 4) is 0 Å². The molecule has 0 fully saturated rings. The zero-order valence-electron chi connectivity index (χ0n) is 8.97. The maximum atomic E-state index is 5.85. The number of benzene rings is 1. The molecular formula is C12H9Br2ClN2. The summed E-state index contributed by atoms with van der Waals surface area (Å²) in [5.74, 6) is 0.737. The van der Waals surface area contributed by atoms with E-state index in [0.717, 1.165) is 20.5 Å². The maximum Gasteiger partial charge on any atom is 0.144 e. The summed E-state index contributed by atoms with van der Waals surface area (Å²) in [5.41, 5.74) is 2.15. The molecule has 2 nitrogen and oxygen atoms in total. The Labute approximate surface area is 122 Å². The quantitative estimate of drug-likeness (QED) is 0.768. The Balaban J connectivity index is 2.34. The Morgan fingerprint density at radius 2 is 1.94 bits per heavy atom. The standard InChI is InChI=1S/C12H9Br2ClN2/c1-7-2-3-9(13)11(4-7)17-12-10(14)5-8(15)6-16-12/h2-6H,1H3,(H,16,17). The minimum Gasteiger partial charge on any atom is -0.338 e. The van der Waals surface area contributed by atoms with Crippen LogP contribution in [0.4, 0.5) is 11.5 Å². The van der Waals surface area contributed by atoms with Crippen LogP contribution < -0.4 is 5.32 Å². The molecule has 0 saturated carbocycles. The van der Waals surface area contributed by atoms with Gasteiger partial charge in [0, 0.05) is 10.7 Å². The molecule has 1 aromatic heterocycles. The van der Waals surface area contributed by atoms with Gasteiger partial charge in [0.25, 0.3) is 0 Å². The summed E-state index contributed by atoms with van der Waals surface area (Å²) in [5, 5.41) is 3.85. The molecule has 0 unspecified atom stereocenters. The Bertz CT molecular complexity index is 558. The van der Waals surface area contributed by atoms with Gasteiger partial charge >= 0.3 is 0 Å². The van der Waals surface area contributed by atoms with E-state index in [0.29, 0.717) is 5.02 Å². The Hall–Kier alpha value is -0.580. The molecule has 2 aromatic rings. The molecule has 1 aromatic carbocycles. The third-order valence-electron chi connectivity index (χ3n) is 2.18. The van der Waals surface area contributed by atoms with E-state index >= 15 is 0 Å². The lowest BCUT2D eigenvalue weighted by atomic mass is 10.2. The zero-order valence-corrected chi connectivity index (χ0v) is 12.9. The van der Waals surface area contributed by atoms with Crippen LogP contribution in [-0.2, 0) is 0 Å². The highest BCUT2D eigenvalue weighted by Gasteiger charge is 2.05. The summed E-state index contributed by atoms with van der Waals surface area (Å²) in [6.45, 7) is 2.04. The first-order chi connectivity index (χ1) is 8.06. The van der Waals surface area contributed by atoms with Crippen molar-refractivity contribution < 1.29 is 0 Å². The van der Waals surface area contributed by atoms with Crippen molar-refractivity contribution in [2.24, 2.45) is 0 Å². The number of hydrogen-bond acceptors (Lipinski definition) is 2. The number of aromatic nitrogens is 1. The van der Waals surface area contributed by atoms with Crippen molar-refractivity contribution in [2.75, 3.05) is 5.32 Å². The van der Waals surface area contributed by atoms with Crippen LogP contribution in [0.5, 0.6) is 0 Å². The summed E-state index contributed by atoms with van der Waals surface area (Å²) >= 11 is 12.8. The monoisotopic (exact) mass is 374 g/mol. The molecule has 0 amide bonds. The third-order valence-corrected chi connectivity index (χ3v) is 3.69. The van der Waals surface area contributed by atoms with Crippen LogP contribution in [-0.4, -0.2) is 4.98 Å². The Morgan fingerprint density at radius 3 is 2.65 bits per heavy atom. The Kier molecular flexibility index (Phi) is 4.07. The van der Waals surface area contributed by atoms with Crippen molar-refractivity contribution in [1.82, 2.24) is 4.98 Å². The van der Waals surface area contributed by atoms with Crippen LogP contribution in [0.1, 0.15) is 5.56 Å². The highest BCUT2D eigenvalue weighted by atomic mass is 79.9. The van der Waals surface area contributed by atoms with E-state index < -0.39 is 0 Å². The van der Waals surface area contributed by atoms with Gasteiger partial charge in [0.1, 0.15) is 5.82 Å². The minimum atomic E-state index is 0.603. The van der Waals surface area contributed by atoms with Gasteiger partial charge in [-0.2, -0.15) is 0 Å². The predicted octanol–water partition coefficient (Wildman–Crippen LogP) is 5.31. The van der Waals surface area contributed by atoms with E-state index in [4.69, 9.17) is 11.6 Å². The first kappa shape index (κ1) is 12.9. The molecular weight excluding hydrogens is 367 g/mol. The molecule has 0 radical (unpaired) electrons. The SMILES string of the molecule is Cc1ccc(Br)c(Nc2ncc(Cl)cc2Br)c1. The second-order valence-electron chi connectivity index (χ2n) is 3.59. The lowest BCUT2D eigenvalue weighted by Crippen LogP contribution is -1.95. The molecule has 5 heteroatoms. The van der Waals surface area contributed by atoms with Gasteiger partial charge in [0.05, 0.1) is 15.2 Å². The lowest BCUT2D eigenvalue weighted by molar-refractivity contribution is 1.28. The van der Waals surface area contributed by atoms with Crippen LogP contribution in [0.3, 0.4) is 0 Å². The fourth-order valence-corrected chi connectivity index (χ4v) is 2.45. The van der Waals surface area contributed by atoms with Gasteiger partial charge in [0.2, 0.25) is 0 Å². The second-order valence-corrected chi connectivity index (χ2v) is 5.74. The Morgan fingerprint density at radius 1 is 1.18 bits per heavy atom. The van der Waals surface area contributed by atoms with Crippen LogP contribution in [0.15, 0.2) is 39.4 Å². The number of aryl methyl sites for hydroxylation is 1. The largest absolute Gasteiger partial charge is 0.338 e. The molecule has 0 aliphatic heterocycles. The van der Waals surface area contributed by atoms with Crippen molar-refractivity contribution in [3.05, 3.63) is 50.0 Å². The van der Waals surface area contributed by atoms with Gasteiger partial charge in [-0.25, -0.2) is 4.98 Å². The third kappa shape index (κ3) is 3.21. The van der Waals surface area contributed by atoms with Gasteiger partial charge in [-0.1, -0.05) is 17.7 Å². The van der Waals surface area contributed by atoms with Gasteiger partial charge < -0.3 is 5.32 Å². The van der Waals surface area contributed by atoms with Gasteiger partial charge in [0.15, 0.2) is 0 Å². The zero-order chi connectivity index (χ0) is 12.4. The molecule has 2 rings (SSSR count). The van der Waals surface area contributed by atoms with E-state index in [1.165, 1.54) is 5.56 Å². The summed E-state index contributed by atoms with van der Waals surface area (Å²) in [6, 6.07) is 7.90. The van der Waals surface area contributed by atoms with Gasteiger partial charge in [-0.3, -0.25) is 0 Å². The average Bonchev–Trinajstić information content (AvgIpc) is 2.27. The summed E-state index contributed by atoms with van der Waals surface area (Å²) in [4.78, 5) is 4.23.